The molecule has 0 unspecified atom stereocenters. The topological polar surface area (TPSA) is 65.7 Å². The van der Waals surface area contributed by atoms with Gasteiger partial charge in [-0.2, -0.15) is 22.9 Å². The van der Waals surface area contributed by atoms with E-state index in [0.29, 0.717) is 38.1 Å². The first-order valence-corrected chi connectivity index (χ1v) is 13.7. The summed E-state index contributed by atoms with van der Waals surface area (Å²) >= 11 is 7.11. The van der Waals surface area contributed by atoms with E-state index in [9.17, 15) is 18.0 Å². The Morgan fingerprint density at radius 2 is 1.82 bits per heavy atom. The van der Waals surface area contributed by atoms with E-state index in [1.165, 1.54) is 18.3 Å². The van der Waals surface area contributed by atoms with Gasteiger partial charge in [0.1, 0.15) is 0 Å². The first-order chi connectivity index (χ1) is 18.5. The van der Waals surface area contributed by atoms with Crippen molar-refractivity contribution < 1.29 is 22.6 Å². The lowest BCUT2D eigenvalue weighted by Crippen LogP contribution is -2.20. The zero-order valence-electron chi connectivity index (χ0n) is 21.2. The second-order valence-electron chi connectivity index (χ2n) is 8.58. The second kappa shape index (κ2) is 11.9. The number of halogens is 5. The summed E-state index contributed by atoms with van der Waals surface area (Å²) in [6.07, 6.45) is -2.43. The molecule has 11 heteroatoms. The maximum atomic E-state index is 13.5. The summed E-state index contributed by atoms with van der Waals surface area (Å²) < 4.78 is 54.4. The first kappa shape index (κ1) is 28.8. The molecule has 1 aromatic heterocycles. The fraction of sp³-hybridized carbons (Fsp3) is 0.250. The number of para-hydroxylation sites is 1. The fourth-order valence-corrected chi connectivity index (χ4v) is 4.64. The van der Waals surface area contributed by atoms with E-state index in [4.69, 9.17) is 9.47 Å². The van der Waals surface area contributed by atoms with E-state index in [2.05, 4.69) is 41.9 Å². The van der Waals surface area contributed by atoms with Crippen LogP contribution in [0.1, 0.15) is 38.3 Å². The Balaban J connectivity index is 1.90. The molecule has 0 N–H and O–H groups in total. The van der Waals surface area contributed by atoms with Gasteiger partial charge in [0, 0.05) is 15.6 Å². The predicted molar refractivity (Wildman–Crippen MR) is 153 cm³/mol. The molecule has 4 aromatic rings. The molecular weight excluding hydrogens is 643 g/mol. The first-order valence-electron chi connectivity index (χ1n) is 12.1. The highest BCUT2D eigenvalue weighted by Crippen LogP contribution is 2.43. The van der Waals surface area contributed by atoms with Crippen molar-refractivity contribution in [2.24, 2.45) is 5.10 Å². The van der Waals surface area contributed by atoms with Crippen molar-refractivity contribution in [1.82, 2.24) is 9.66 Å². The van der Waals surface area contributed by atoms with E-state index in [-0.39, 0.29) is 22.9 Å². The largest absolute Gasteiger partial charge is 0.490 e. The number of nitrogens with zero attached hydrogens (tertiary/aromatic N) is 3. The summed E-state index contributed by atoms with van der Waals surface area (Å²) in [5.74, 6) is 0.957. The molecule has 0 saturated carbocycles. The highest BCUT2D eigenvalue weighted by molar-refractivity contribution is 9.13. The molecule has 0 fully saturated rings. The van der Waals surface area contributed by atoms with Gasteiger partial charge in [0.05, 0.1) is 39.9 Å². The van der Waals surface area contributed by atoms with Crippen LogP contribution in [0.3, 0.4) is 0 Å². The van der Waals surface area contributed by atoms with Crippen molar-refractivity contribution in [2.75, 3.05) is 6.61 Å². The SMILES string of the molecule is CCOc1cc(C=Nn2c(-c3cccc(C(F)(F)F)c3)nc3ccccc3c2=O)c(Br)c(Br)c1O[C@@H](C)CC. The van der Waals surface area contributed by atoms with Gasteiger partial charge < -0.3 is 9.47 Å². The molecule has 204 valence electrons. The molecule has 0 saturated heterocycles. The second-order valence-corrected chi connectivity index (χ2v) is 10.2. The quantitative estimate of drug-likeness (QED) is 0.179. The summed E-state index contributed by atoms with van der Waals surface area (Å²) in [5.41, 5.74) is -0.409. The Morgan fingerprint density at radius 3 is 2.51 bits per heavy atom. The molecule has 0 amide bonds. The van der Waals surface area contributed by atoms with Crippen molar-refractivity contribution in [2.45, 2.75) is 39.5 Å². The normalized spacial score (nSPS) is 12.7. The molecule has 0 radical (unpaired) electrons. The Morgan fingerprint density at radius 1 is 1.08 bits per heavy atom. The van der Waals surface area contributed by atoms with Crippen molar-refractivity contribution in [3.63, 3.8) is 0 Å². The van der Waals surface area contributed by atoms with E-state index in [1.54, 1.807) is 30.3 Å². The molecular formula is C28H24Br2F3N3O3. The van der Waals surface area contributed by atoms with Gasteiger partial charge in [-0.3, -0.25) is 4.79 Å². The fourth-order valence-electron chi connectivity index (χ4n) is 3.73. The summed E-state index contributed by atoms with van der Waals surface area (Å²) in [6.45, 7) is 6.18. The maximum absolute atomic E-state index is 13.5. The van der Waals surface area contributed by atoms with Crippen LogP contribution in [-0.2, 0) is 6.18 Å². The zero-order valence-corrected chi connectivity index (χ0v) is 24.4. The average molecular weight is 667 g/mol. The summed E-state index contributed by atoms with van der Waals surface area (Å²) in [5, 5.41) is 4.67. The predicted octanol–water partition coefficient (Wildman–Crippen LogP) is 8.07. The van der Waals surface area contributed by atoms with Gasteiger partial charge in [0.2, 0.25) is 0 Å². The molecule has 0 spiro atoms. The molecule has 3 aromatic carbocycles. The summed E-state index contributed by atoms with van der Waals surface area (Å²) in [7, 11) is 0. The summed E-state index contributed by atoms with van der Waals surface area (Å²) in [6, 6.07) is 12.9. The number of hydrogen-bond acceptors (Lipinski definition) is 5. The molecule has 0 aliphatic carbocycles. The minimum Gasteiger partial charge on any atom is -0.490 e. The molecule has 6 nitrogen and oxygen atoms in total. The Kier molecular flexibility index (Phi) is 8.80. The van der Waals surface area contributed by atoms with E-state index in [0.717, 1.165) is 23.2 Å². The lowest BCUT2D eigenvalue weighted by molar-refractivity contribution is -0.137. The van der Waals surface area contributed by atoms with Crippen LogP contribution < -0.4 is 15.0 Å². The molecule has 39 heavy (non-hydrogen) atoms. The number of ether oxygens (including phenoxy) is 2. The van der Waals surface area contributed by atoms with Crippen LogP contribution in [0.25, 0.3) is 22.3 Å². The van der Waals surface area contributed by atoms with Crippen molar-refractivity contribution in [1.29, 1.82) is 0 Å². The average Bonchev–Trinajstić information content (AvgIpc) is 2.92. The van der Waals surface area contributed by atoms with Crippen molar-refractivity contribution >= 4 is 49.0 Å². The van der Waals surface area contributed by atoms with E-state index >= 15 is 0 Å². The number of rotatable bonds is 8. The maximum Gasteiger partial charge on any atom is 0.416 e. The molecule has 1 heterocycles. The standard InChI is InChI=1S/C28H24Br2F3N3O3/c1-4-16(3)39-25-22(38-5-2)14-18(23(29)24(25)30)15-34-36-26(17-9-8-10-19(13-17)28(31,32)33)35-21-12-7-6-11-20(21)27(36)37/h6-16H,4-5H2,1-3H3/t16-/m0/s1. The third kappa shape index (κ3) is 6.19. The number of hydrogen-bond donors (Lipinski definition) is 0. The third-order valence-corrected chi connectivity index (χ3v) is 8.01. The van der Waals surface area contributed by atoms with Gasteiger partial charge in [-0.05, 0) is 82.5 Å². The van der Waals surface area contributed by atoms with Gasteiger partial charge in [0.25, 0.3) is 5.56 Å². The number of alkyl halides is 3. The van der Waals surface area contributed by atoms with Crippen molar-refractivity contribution in [3.05, 3.63) is 85.0 Å². The van der Waals surface area contributed by atoms with Crippen molar-refractivity contribution in [3.8, 4) is 22.9 Å². The highest BCUT2D eigenvalue weighted by Gasteiger charge is 2.31. The Labute approximate surface area is 239 Å². The number of benzene rings is 3. The number of aromatic nitrogens is 2. The highest BCUT2D eigenvalue weighted by atomic mass is 79.9. The minimum absolute atomic E-state index is 0.0296. The third-order valence-electron chi connectivity index (χ3n) is 5.86. The minimum atomic E-state index is -4.56. The lowest BCUT2D eigenvalue weighted by Gasteiger charge is -2.19. The van der Waals surface area contributed by atoms with Gasteiger partial charge in [-0.15, -0.1) is 0 Å². The molecule has 0 aliphatic rings. The summed E-state index contributed by atoms with van der Waals surface area (Å²) in [4.78, 5) is 18.0. The monoisotopic (exact) mass is 665 g/mol. The van der Waals surface area contributed by atoms with E-state index in [1.807, 2.05) is 20.8 Å². The van der Waals surface area contributed by atoms with Crippen LogP contribution in [0, 0.1) is 0 Å². The number of fused-ring (bicyclic) bond motifs is 1. The Bertz CT molecular complexity index is 1600. The van der Waals surface area contributed by atoms with Crippen LogP contribution >= 0.6 is 31.9 Å². The molecule has 0 aliphatic heterocycles. The molecule has 4 rings (SSSR count). The van der Waals surface area contributed by atoms with Gasteiger partial charge in [-0.1, -0.05) is 31.2 Å². The smallest absolute Gasteiger partial charge is 0.416 e. The Hall–Kier alpha value is -3.18. The van der Waals surface area contributed by atoms with Gasteiger partial charge in [0.15, 0.2) is 17.3 Å². The van der Waals surface area contributed by atoms with Gasteiger partial charge in [-0.25, -0.2) is 4.98 Å². The van der Waals surface area contributed by atoms with Crippen LogP contribution in [0.2, 0.25) is 0 Å². The van der Waals surface area contributed by atoms with Crippen LogP contribution in [0.4, 0.5) is 13.2 Å². The molecule has 0 bridgehead atoms. The van der Waals surface area contributed by atoms with Crippen LogP contribution in [-0.4, -0.2) is 28.6 Å². The lowest BCUT2D eigenvalue weighted by atomic mass is 10.1. The van der Waals surface area contributed by atoms with E-state index < -0.39 is 17.3 Å². The molecule has 1 atom stereocenters. The zero-order chi connectivity index (χ0) is 28.3. The van der Waals surface area contributed by atoms with Crippen LogP contribution in [0.15, 0.2) is 73.4 Å². The van der Waals surface area contributed by atoms with Gasteiger partial charge >= 0.3 is 6.18 Å². The van der Waals surface area contributed by atoms with Crippen LogP contribution in [0.5, 0.6) is 11.5 Å².